The van der Waals surface area contributed by atoms with Crippen LogP contribution >= 0.6 is 39.1 Å². The molecule has 22 heavy (non-hydrogen) atoms. The van der Waals surface area contributed by atoms with Gasteiger partial charge in [-0.3, -0.25) is 4.79 Å². The molecule has 0 bridgehead atoms. The number of amides is 1. The average Bonchev–Trinajstić information content (AvgIpc) is 2.50. The number of anilines is 1. The molecule has 0 unspecified atom stereocenters. The maximum Gasteiger partial charge on any atom is 0.257 e. The van der Waals surface area contributed by atoms with Crippen molar-refractivity contribution in [1.82, 2.24) is 0 Å². The lowest BCUT2D eigenvalue weighted by atomic mass is 10.0. The molecule has 0 heterocycles. The smallest absolute Gasteiger partial charge is 0.257 e. The van der Waals surface area contributed by atoms with Crippen molar-refractivity contribution < 1.29 is 4.79 Å². The Hall–Kier alpha value is -1.03. The van der Waals surface area contributed by atoms with E-state index in [4.69, 9.17) is 23.2 Å². The minimum Gasteiger partial charge on any atom is -0.321 e. The highest BCUT2D eigenvalue weighted by atomic mass is 79.9. The summed E-state index contributed by atoms with van der Waals surface area (Å²) in [4.78, 5) is 12.6. The summed E-state index contributed by atoms with van der Waals surface area (Å²) in [5, 5.41) is 4.06. The molecular weight excluding hydrogens is 385 g/mol. The number of hydrogen-bond acceptors (Lipinski definition) is 1. The van der Waals surface area contributed by atoms with Crippen molar-refractivity contribution >= 4 is 50.7 Å². The summed E-state index contributed by atoms with van der Waals surface area (Å²) in [6.07, 6.45) is 1.56. The number of halogens is 3. The van der Waals surface area contributed by atoms with Crippen LogP contribution in [-0.4, -0.2) is 5.91 Å². The van der Waals surface area contributed by atoms with Gasteiger partial charge in [-0.05, 0) is 48.2 Å². The number of carbonyl (C=O) groups is 1. The molecule has 0 aliphatic heterocycles. The van der Waals surface area contributed by atoms with Gasteiger partial charge in [-0.1, -0.05) is 59.0 Å². The van der Waals surface area contributed by atoms with Gasteiger partial charge in [0.25, 0.3) is 5.91 Å². The van der Waals surface area contributed by atoms with Crippen LogP contribution in [0.3, 0.4) is 0 Å². The van der Waals surface area contributed by atoms with E-state index in [1.165, 1.54) is 0 Å². The summed E-state index contributed by atoms with van der Waals surface area (Å²) >= 11 is 15.7. The van der Waals surface area contributed by atoms with Crippen LogP contribution in [0.5, 0.6) is 0 Å². The maximum absolute atomic E-state index is 12.6. The molecule has 0 radical (unpaired) electrons. The van der Waals surface area contributed by atoms with Crippen LogP contribution in [-0.2, 0) is 12.8 Å². The minimum absolute atomic E-state index is 0.238. The van der Waals surface area contributed by atoms with Crippen LogP contribution < -0.4 is 5.32 Å². The van der Waals surface area contributed by atoms with Gasteiger partial charge in [-0.15, -0.1) is 0 Å². The largest absolute Gasteiger partial charge is 0.321 e. The summed E-state index contributed by atoms with van der Waals surface area (Å²) in [7, 11) is 0. The SMILES string of the molecule is CCc1ccc(Cl)c(CC)c1NC(=O)c1cc(Br)ccc1Cl. The molecule has 0 spiro atoms. The first-order valence-electron chi connectivity index (χ1n) is 7.04. The van der Waals surface area contributed by atoms with E-state index in [1.54, 1.807) is 18.2 Å². The van der Waals surface area contributed by atoms with E-state index in [0.29, 0.717) is 15.6 Å². The molecule has 0 saturated heterocycles. The molecule has 0 saturated carbocycles. The standard InChI is InChI=1S/C17H16BrCl2NO/c1-3-10-5-7-14(19)12(4-2)16(10)21-17(22)13-9-11(18)6-8-15(13)20/h5-9H,3-4H2,1-2H3,(H,21,22). The Morgan fingerprint density at radius 1 is 1.09 bits per heavy atom. The lowest BCUT2D eigenvalue weighted by molar-refractivity contribution is 0.102. The first kappa shape index (κ1) is 17.3. The van der Waals surface area contributed by atoms with E-state index < -0.39 is 0 Å². The Morgan fingerprint density at radius 3 is 2.41 bits per heavy atom. The fraction of sp³-hybridized carbons (Fsp3) is 0.235. The molecular formula is C17H16BrCl2NO. The number of nitrogens with one attached hydrogen (secondary N) is 1. The van der Waals surface area contributed by atoms with Gasteiger partial charge < -0.3 is 5.32 Å². The average molecular weight is 401 g/mol. The summed E-state index contributed by atoms with van der Waals surface area (Å²) in [5.41, 5.74) is 3.22. The molecule has 2 aromatic carbocycles. The van der Waals surface area contributed by atoms with Crippen molar-refractivity contribution in [3.05, 3.63) is 61.5 Å². The van der Waals surface area contributed by atoms with E-state index in [-0.39, 0.29) is 5.91 Å². The van der Waals surface area contributed by atoms with Crippen LogP contribution in [0.2, 0.25) is 10.0 Å². The number of aryl methyl sites for hydroxylation is 1. The summed E-state index contributed by atoms with van der Waals surface area (Å²) in [6.45, 7) is 4.06. The molecule has 1 amide bonds. The Kier molecular flexibility index (Phi) is 5.90. The molecule has 2 nitrogen and oxygen atoms in total. The second-order valence-electron chi connectivity index (χ2n) is 4.85. The van der Waals surface area contributed by atoms with Gasteiger partial charge >= 0.3 is 0 Å². The molecule has 0 aliphatic rings. The summed E-state index contributed by atoms with van der Waals surface area (Å²) in [6, 6.07) is 9.02. The number of benzene rings is 2. The van der Waals surface area contributed by atoms with Crippen LogP contribution in [0.15, 0.2) is 34.8 Å². The van der Waals surface area contributed by atoms with Crippen molar-refractivity contribution in [2.75, 3.05) is 5.32 Å². The molecule has 0 atom stereocenters. The van der Waals surface area contributed by atoms with E-state index in [2.05, 4.69) is 21.2 Å². The van der Waals surface area contributed by atoms with Gasteiger partial charge in [-0.25, -0.2) is 0 Å². The maximum atomic E-state index is 12.6. The zero-order valence-corrected chi connectivity index (χ0v) is 15.4. The van der Waals surface area contributed by atoms with Crippen molar-refractivity contribution in [2.24, 2.45) is 0 Å². The summed E-state index contributed by atoms with van der Waals surface area (Å²) < 4.78 is 0.805. The van der Waals surface area contributed by atoms with Gasteiger partial charge in [0.2, 0.25) is 0 Å². The van der Waals surface area contributed by atoms with Gasteiger partial charge in [-0.2, -0.15) is 0 Å². The molecule has 1 N–H and O–H groups in total. The second kappa shape index (κ2) is 7.49. The highest BCUT2D eigenvalue weighted by molar-refractivity contribution is 9.10. The first-order chi connectivity index (χ1) is 10.5. The Bertz CT molecular complexity index is 716. The van der Waals surface area contributed by atoms with Gasteiger partial charge in [0, 0.05) is 15.2 Å². The Labute approximate surface area is 148 Å². The van der Waals surface area contributed by atoms with Crippen LogP contribution in [0.4, 0.5) is 5.69 Å². The van der Waals surface area contributed by atoms with Crippen LogP contribution in [0, 0.1) is 0 Å². The fourth-order valence-electron chi connectivity index (χ4n) is 2.32. The second-order valence-corrected chi connectivity index (χ2v) is 6.58. The topological polar surface area (TPSA) is 29.1 Å². The van der Waals surface area contributed by atoms with Crippen LogP contribution in [0.1, 0.15) is 35.3 Å². The minimum atomic E-state index is -0.238. The molecule has 0 fully saturated rings. The zero-order chi connectivity index (χ0) is 16.3. The highest BCUT2D eigenvalue weighted by Crippen LogP contribution is 2.31. The van der Waals surface area contributed by atoms with E-state index in [0.717, 1.165) is 34.1 Å². The Morgan fingerprint density at radius 2 is 1.77 bits per heavy atom. The lowest BCUT2D eigenvalue weighted by Gasteiger charge is -2.16. The van der Waals surface area contributed by atoms with E-state index in [9.17, 15) is 4.79 Å². The summed E-state index contributed by atoms with van der Waals surface area (Å²) in [5.74, 6) is -0.238. The van der Waals surface area contributed by atoms with Gasteiger partial charge in [0.1, 0.15) is 0 Å². The van der Waals surface area contributed by atoms with Gasteiger partial charge in [0.05, 0.1) is 10.6 Å². The normalized spacial score (nSPS) is 10.6. The number of carbonyl (C=O) groups excluding carboxylic acids is 1. The van der Waals surface area contributed by atoms with Crippen molar-refractivity contribution in [1.29, 1.82) is 0 Å². The van der Waals surface area contributed by atoms with Crippen molar-refractivity contribution in [3.8, 4) is 0 Å². The molecule has 116 valence electrons. The number of rotatable bonds is 4. The predicted molar refractivity (Wildman–Crippen MR) is 97.3 cm³/mol. The van der Waals surface area contributed by atoms with E-state index in [1.807, 2.05) is 26.0 Å². The quantitative estimate of drug-likeness (QED) is 0.656. The zero-order valence-electron chi connectivity index (χ0n) is 12.3. The van der Waals surface area contributed by atoms with Gasteiger partial charge in [0.15, 0.2) is 0 Å². The molecule has 0 aliphatic carbocycles. The third-order valence-electron chi connectivity index (χ3n) is 3.49. The molecule has 5 heteroatoms. The third-order valence-corrected chi connectivity index (χ3v) is 4.66. The molecule has 0 aromatic heterocycles. The monoisotopic (exact) mass is 399 g/mol. The first-order valence-corrected chi connectivity index (χ1v) is 8.59. The predicted octanol–water partition coefficient (Wildman–Crippen LogP) is 6.13. The number of hydrogen-bond donors (Lipinski definition) is 1. The third kappa shape index (κ3) is 3.65. The Balaban J connectivity index is 2.44. The van der Waals surface area contributed by atoms with E-state index >= 15 is 0 Å². The van der Waals surface area contributed by atoms with Crippen molar-refractivity contribution in [3.63, 3.8) is 0 Å². The lowest BCUT2D eigenvalue weighted by Crippen LogP contribution is -2.15. The molecule has 2 rings (SSSR count). The van der Waals surface area contributed by atoms with Crippen LogP contribution in [0.25, 0.3) is 0 Å². The fourth-order valence-corrected chi connectivity index (χ4v) is 3.17. The highest BCUT2D eigenvalue weighted by Gasteiger charge is 2.16. The van der Waals surface area contributed by atoms with Crippen molar-refractivity contribution in [2.45, 2.75) is 26.7 Å². The molecule has 2 aromatic rings.